The first-order valence-corrected chi connectivity index (χ1v) is 11.6. The topological polar surface area (TPSA) is 185 Å². The summed E-state index contributed by atoms with van der Waals surface area (Å²) >= 11 is 0. The number of carbonyl (C=O) groups is 1. The third kappa shape index (κ3) is 4.35. The molecular weight excluding hydrogens is 447 g/mol. The first kappa shape index (κ1) is 23.0. The first-order valence-electron chi connectivity index (χ1n) is 10.0. The van der Waals surface area contributed by atoms with Crippen molar-refractivity contribution >= 4 is 31.2 Å². The molecule has 2 fully saturated rings. The molecule has 4 rings (SSSR count). The molecule has 0 radical (unpaired) electrons. The molecule has 2 aromatic heterocycles. The molecule has 0 amide bonds. The van der Waals surface area contributed by atoms with Crippen molar-refractivity contribution in [2.45, 2.75) is 50.8 Å². The molecule has 5 N–H and O–H groups in total. The van der Waals surface area contributed by atoms with E-state index >= 15 is 0 Å². The van der Waals surface area contributed by atoms with Gasteiger partial charge in [-0.15, -0.1) is 5.09 Å². The molecule has 2 aromatic rings. The molecular formula is C17H26N6O8P+. The summed E-state index contributed by atoms with van der Waals surface area (Å²) in [5.74, 6) is -0.188. The smallest absolute Gasteiger partial charge is 0.479 e. The van der Waals surface area contributed by atoms with Crippen molar-refractivity contribution in [3.63, 3.8) is 0 Å². The van der Waals surface area contributed by atoms with Crippen LogP contribution in [0.2, 0.25) is 0 Å². The molecule has 2 unspecified atom stereocenters. The average Bonchev–Trinajstić information content (AvgIpc) is 3.31. The molecule has 0 spiro atoms. The van der Waals surface area contributed by atoms with Crippen molar-refractivity contribution in [1.29, 1.82) is 0 Å². The minimum absolute atomic E-state index is 0.0238. The van der Waals surface area contributed by atoms with Gasteiger partial charge in [-0.05, 0) is 6.92 Å². The van der Waals surface area contributed by atoms with E-state index in [9.17, 15) is 14.8 Å². The second kappa shape index (κ2) is 8.98. The number of imidazole rings is 1. The Morgan fingerprint density at radius 1 is 1.50 bits per heavy atom. The Hall–Kier alpha value is -2.19. The number of hydrogen-bond donors (Lipinski definition) is 4. The predicted molar refractivity (Wildman–Crippen MR) is 110 cm³/mol. The van der Waals surface area contributed by atoms with Gasteiger partial charge in [0, 0.05) is 6.42 Å². The standard InChI is InChI=1S/C17H26N6O8P/c1-4-10(24)28-5-8(2)22-32(26)29-6-9-13(31-32)12(25)16(30-9)23-7-19-11-14(23)20-17(18)21-15(11)27-3/h7-9,12-13,16,22,25-26H,4-6H2,1-3H3,(H2,18,20,21)/q+1/t8?,9-,12+,13-,16-,32?/m1/s1. The van der Waals surface area contributed by atoms with E-state index in [2.05, 4.69) is 20.0 Å². The Bertz CT molecular complexity index is 993. The molecule has 2 saturated heterocycles. The lowest BCUT2D eigenvalue weighted by molar-refractivity contribution is -0.143. The van der Waals surface area contributed by atoms with Gasteiger partial charge in [0.05, 0.1) is 19.5 Å². The number of hydrogen-bond acceptors (Lipinski definition) is 13. The van der Waals surface area contributed by atoms with Gasteiger partial charge in [0.2, 0.25) is 11.8 Å². The number of nitrogens with one attached hydrogen (secondary N) is 1. The van der Waals surface area contributed by atoms with Crippen LogP contribution < -0.4 is 15.6 Å². The molecule has 176 valence electrons. The van der Waals surface area contributed by atoms with E-state index < -0.39 is 38.7 Å². The normalized spacial score (nSPS) is 30.8. The summed E-state index contributed by atoms with van der Waals surface area (Å²) in [5.41, 5.74) is 6.42. The van der Waals surface area contributed by atoms with Crippen molar-refractivity contribution in [2.75, 3.05) is 26.1 Å². The van der Waals surface area contributed by atoms with Crippen LogP contribution in [0.5, 0.6) is 5.88 Å². The van der Waals surface area contributed by atoms with Crippen LogP contribution >= 0.6 is 8.09 Å². The number of aromatic nitrogens is 4. The average molecular weight is 473 g/mol. The Morgan fingerprint density at radius 2 is 2.28 bits per heavy atom. The highest BCUT2D eigenvalue weighted by Gasteiger charge is 2.60. The minimum atomic E-state index is -3.54. The maximum absolute atomic E-state index is 11.3. The van der Waals surface area contributed by atoms with Crippen molar-refractivity contribution in [1.82, 2.24) is 24.6 Å². The van der Waals surface area contributed by atoms with Gasteiger partial charge in [-0.3, -0.25) is 9.36 Å². The van der Waals surface area contributed by atoms with E-state index in [1.807, 2.05) is 0 Å². The lowest BCUT2D eigenvalue weighted by Gasteiger charge is -2.30. The minimum Gasteiger partial charge on any atom is -0.479 e. The van der Waals surface area contributed by atoms with Gasteiger partial charge in [-0.2, -0.15) is 23.9 Å². The molecule has 32 heavy (non-hydrogen) atoms. The molecule has 14 nitrogen and oxygen atoms in total. The number of rotatable bonds is 7. The Labute approximate surface area is 183 Å². The van der Waals surface area contributed by atoms with Gasteiger partial charge < -0.3 is 25.1 Å². The van der Waals surface area contributed by atoms with Crippen molar-refractivity contribution in [2.24, 2.45) is 0 Å². The zero-order valence-corrected chi connectivity index (χ0v) is 18.6. The summed E-state index contributed by atoms with van der Waals surface area (Å²) in [6.45, 7) is 3.40. The molecule has 0 saturated carbocycles. The van der Waals surface area contributed by atoms with E-state index in [-0.39, 0.29) is 37.4 Å². The fourth-order valence-corrected chi connectivity index (χ4v) is 5.29. The molecule has 0 aromatic carbocycles. The SMILES string of the molecule is CCC(=O)OCC(C)N[P+]1(O)OC[C@H]2O[C@@H](n3cnc4c(OC)nc(N)nc43)[C@@H](O)[C@@H]2O1. The quantitative estimate of drug-likeness (QED) is 0.303. The number of ether oxygens (including phenoxy) is 3. The van der Waals surface area contributed by atoms with Crippen LogP contribution in [0.3, 0.4) is 0 Å². The predicted octanol–water partition coefficient (Wildman–Crippen LogP) is -0.308. The Kier molecular flexibility index (Phi) is 6.45. The van der Waals surface area contributed by atoms with Crippen molar-refractivity contribution < 1.29 is 38.1 Å². The van der Waals surface area contributed by atoms with Gasteiger partial charge in [0.1, 0.15) is 25.4 Å². The maximum Gasteiger partial charge on any atom is 0.499 e. The monoisotopic (exact) mass is 473 g/mol. The van der Waals surface area contributed by atoms with E-state index in [4.69, 9.17) is 29.0 Å². The van der Waals surface area contributed by atoms with Crippen LogP contribution in [0.1, 0.15) is 26.5 Å². The van der Waals surface area contributed by atoms with Crippen molar-refractivity contribution in [3.05, 3.63) is 6.33 Å². The number of aliphatic hydroxyl groups is 1. The number of esters is 1. The highest BCUT2D eigenvalue weighted by Crippen LogP contribution is 2.59. The zero-order valence-electron chi connectivity index (χ0n) is 17.7. The third-order valence-corrected chi connectivity index (χ3v) is 6.82. The number of carbonyl (C=O) groups excluding carboxylic acids is 1. The molecule has 0 aliphatic carbocycles. The highest BCUT2D eigenvalue weighted by molar-refractivity contribution is 7.58. The van der Waals surface area contributed by atoms with E-state index in [0.29, 0.717) is 11.2 Å². The van der Waals surface area contributed by atoms with Crippen LogP contribution in [-0.2, 0) is 23.3 Å². The van der Waals surface area contributed by atoms with Gasteiger partial charge >= 0.3 is 14.1 Å². The largest absolute Gasteiger partial charge is 0.499 e. The Balaban J connectivity index is 1.48. The van der Waals surface area contributed by atoms with E-state index in [1.54, 1.807) is 13.8 Å². The number of aliphatic hydroxyl groups excluding tert-OH is 1. The van der Waals surface area contributed by atoms with Crippen LogP contribution in [0.15, 0.2) is 6.33 Å². The van der Waals surface area contributed by atoms with Gasteiger partial charge in [-0.1, -0.05) is 6.92 Å². The molecule has 4 heterocycles. The van der Waals surface area contributed by atoms with Gasteiger partial charge in [-0.25, -0.2) is 4.98 Å². The summed E-state index contributed by atoms with van der Waals surface area (Å²) < 4.78 is 28.9. The number of anilines is 1. The summed E-state index contributed by atoms with van der Waals surface area (Å²) in [4.78, 5) is 34.5. The van der Waals surface area contributed by atoms with Gasteiger partial charge in [0.25, 0.3) is 0 Å². The molecule has 2 aliphatic rings. The fourth-order valence-electron chi connectivity index (χ4n) is 3.52. The molecule has 15 heteroatoms. The summed E-state index contributed by atoms with van der Waals surface area (Å²) in [7, 11) is -2.11. The number of nitrogens with two attached hydrogens (primary N) is 1. The number of nitrogen functional groups attached to an aromatic ring is 1. The second-order valence-corrected chi connectivity index (χ2v) is 9.19. The lowest BCUT2D eigenvalue weighted by atomic mass is 10.1. The number of methoxy groups -OCH3 is 1. The Morgan fingerprint density at radius 3 is 3.00 bits per heavy atom. The lowest BCUT2D eigenvalue weighted by Crippen LogP contribution is -2.45. The zero-order chi connectivity index (χ0) is 23.0. The van der Waals surface area contributed by atoms with Crippen LogP contribution in [-0.4, -0.2) is 80.2 Å². The highest BCUT2D eigenvalue weighted by atomic mass is 31.2. The van der Waals surface area contributed by atoms with Crippen LogP contribution in [0, 0.1) is 0 Å². The van der Waals surface area contributed by atoms with Crippen molar-refractivity contribution in [3.8, 4) is 5.88 Å². The van der Waals surface area contributed by atoms with E-state index in [1.165, 1.54) is 18.0 Å². The third-order valence-electron chi connectivity index (χ3n) is 5.03. The number of fused-ring (bicyclic) bond motifs is 2. The maximum atomic E-state index is 11.3. The first-order chi connectivity index (χ1) is 15.2. The fraction of sp³-hybridized carbons (Fsp3) is 0.647. The molecule has 2 aliphatic heterocycles. The molecule has 6 atom stereocenters. The summed E-state index contributed by atoms with van der Waals surface area (Å²) in [6.07, 6.45) is -1.96. The summed E-state index contributed by atoms with van der Waals surface area (Å²) in [6, 6.07) is -0.444. The van der Waals surface area contributed by atoms with E-state index in [0.717, 1.165) is 0 Å². The second-order valence-electron chi connectivity index (χ2n) is 7.42. The summed E-state index contributed by atoms with van der Waals surface area (Å²) in [5, 5.41) is 13.8. The van der Waals surface area contributed by atoms with Gasteiger partial charge in [0.15, 0.2) is 23.5 Å². The number of nitrogens with zero attached hydrogens (tertiary/aromatic N) is 4. The molecule has 0 bridgehead atoms. The van der Waals surface area contributed by atoms with Crippen LogP contribution in [0.4, 0.5) is 5.95 Å². The van der Waals surface area contributed by atoms with Crippen LogP contribution in [0.25, 0.3) is 11.2 Å².